The summed E-state index contributed by atoms with van der Waals surface area (Å²) in [4.78, 5) is 41.3. The summed E-state index contributed by atoms with van der Waals surface area (Å²) in [6.07, 6.45) is 5.22. The zero-order valence-electron chi connectivity index (χ0n) is 18.6. The Hall–Kier alpha value is -2.41. The van der Waals surface area contributed by atoms with E-state index < -0.39 is 11.6 Å². The Bertz CT molecular complexity index is 984. The number of rotatable bonds is 7. The topological polar surface area (TPSA) is 71.4 Å². The maximum atomic E-state index is 13.1. The lowest BCUT2D eigenvalue weighted by Crippen LogP contribution is -2.49. The number of thiophene rings is 1. The van der Waals surface area contributed by atoms with Crippen LogP contribution >= 0.6 is 11.3 Å². The number of nitrogens with zero attached hydrogens (tertiary/aromatic N) is 2. The number of aryl methyl sites for hydroxylation is 2. The van der Waals surface area contributed by atoms with Gasteiger partial charge in [-0.3, -0.25) is 14.5 Å². The van der Waals surface area contributed by atoms with E-state index in [2.05, 4.69) is 28.3 Å². The van der Waals surface area contributed by atoms with Gasteiger partial charge in [-0.05, 0) is 69.4 Å². The van der Waals surface area contributed by atoms with Gasteiger partial charge in [0.2, 0.25) is 0 Å². The molecule has 1 saturated carbocycles. The van der Waals surface area contributed by atoms with Crippen molar-refractivity contribution in [3.05, 3.63) is 45.4 Å². The third kappa shape index (κ3) is 4.07. The Balaban J connectivity index is 1.45. The number of aromatic nitrogens is 1. The number of amides is 3. The van der Waals surface area contributed by atoms with Crippen LogP contribution in [-0.2, 0) is 17.8 Å². The summed E-state index contributed by atoms with van der Waals surface area (Å²) < 4.78 is 2.15. The molecule has 0 radical (unpaired) electrons. The van der Waals surface area contributed by atoms with Gasteiger partial charge in [0, 0.05) is 28.4 Å². The van der Waals surface area contributed by atoms with Gasteiger partial charge in [0.05, 0.1) is 6.54 Å². The van der Waals surface area contributed by atoms with Crippen LogP contribution in [0.5, 0.6) is 0 Å². The molecule has 166 valence electrons. The first-order valence-corrected chi connectivity index (χ1v) is 12.1. The van der Waals surface area contributed by atoms with Crippen molar-refractivity contribution in [1.82, 2.24) is 14.8 Å². The van der Waals surface area contributed by atoms with Crippen molar-refractivity contribution in [2.45, 2.75) is 71.4 Å². The van der Waals surface area contributed by atoms with E-state index in [4.69, 9.17) is 0 Å². The van der Waals surface area contributed by atoms with Gasteiger partial charge in [-0.1, -0.05) is 19.4 Å². The fraction of sp³-hybridized carbons (Fsp3) is 0.542. The second kappa shape index (κ2) is 8.61. The van der Waals surface area contributed by atoms with Crippen LogP contribution in [0.1, 0.15) is 65.7 Å². The van der Waals surface area contributed by atoms with Crippen LogP contribution in [0.3, 0.4) is 0 Å². The Morgan fingerprint density at radius 2 is 2.00 bits per heavy atom. The van der Waals surface area contributed by atoms with Crippen molar-refractivity contribution >= 4 is 29.1 Å². The Morgan fingerprint density at radius 3 is 2.65 bits per heavy atom. The van der Waals surface area contributed by atoms with Crippen molar-refractivity contribution in [2.24, 2.45) is 5.92 Å². The molecule has 1 saturated heterocycles. The number of Topliss-reactive ketones (excluding diaryl/α,β-unsaturated/α-hetero) is 1. The minimum Gasteiger partial charge on any atom is -0.348 e. The Labute approximate surface area is 187 Å². The summed E-state index contributed by atoms with van der Waals surface area (Å²) in [6, 6.07) is 5.61. The lowest BCUT2D eigenvalue weighted by atomic mass is 9.75. The lowest BCUT2D eigenvalue weighted by Gasteiger charge is -2.34. The molecule has 1 N–H and O–H groups in total. The molecule has 6 nitrogen and oxygen atoms in total. The average molecular weight is 442 g/mol. The van der Waals surface area contributed by atoms with Crippen LogP contribution in [0, 0.1) is 19.8 Å². The van der Waals surface area contributed by atoms with Gasteiger partial charge >= 0.3 is 6.03 Å². The molecule has 2 aromatic rings. The molecular formula is C24H31N3O3S. The van der Waals surface area contributed by atoms with Gasteiger partial charge in [0.15, 0.2) is 5.78 Å². The summed E-state index contributed by atoms with van der Waals surface area (Å²) in [5, 5.41) is 4.99. The highest BCUT2D eigenvalue weighted by molar-refractivity contribution is 7.09. The van der Waals surface area contributed by atoms with Crippen LogP contribution in [0.15, 0.2) is 23.6 Å². The van der Waals surface area contributed by atoms with Gasteiger partial charge in [0.1, 0.15) is 5.54 Å². The van der Waals surface area contributed by atoms with E-state index in [9.17, 15) is 14.4 Å². The highest BCUT2D eigenvalue weighted by Crippen LogP contribution is 2.37. The van der Waals surface area contributed by atoms with E-state index >= 15 is 0 Å². The molecule has 1 spiro atoms. The molecule has 4 rings (SSSR count). The van der Waals surface area contributed by atoms with Crippen LogP contribution < -0.4 is 5.32 Å². The molecule has 0 atom stereocenters. The van der Waals surface area contributed by atoms with Crippen LogP contribution in [0.2, 0.25) is 0 Å². The quantitative estimate of drug-likeness (QED) is 0.509. The summed E-state index contributed by atoms with van der Waals surface area (Å²) in [7, 11) is 0. The van der Waals surface area contributed by atoms with E-state index in [1.165, 1.54) is 4.88 Å². The Kier molecular flexibility index (Phi) is 6.06. The normalized spacial score (nSPS) is 23.6. The Morgan fingerprint density at radius 1 is 1.26 bits per heavy atom. The maximum absolute atomic E-state index is 13.1. The number of carbonyl (C=O) groups excluding carboxylic acids is 3. The third-order valence-electron chi connectivity index (χ3n) is 7.12. The van der Waals surface area contributed by atoms with E-state index in [0.717, 1.165) is 48.5 Å². The van der Waals surface area contributed by atoms with E-state index in [1.807, 2.05) is 26.0 Å². The average Bonchev–Trinajstić information content (AvgIpc) is 3.43. The molecule has 3 amide bonds. The first-order valence-electron chi connectivity index (χ1n) is 11.2. The second-order valence-electron chi connectivity index (χ2n) is 8.94. The molecule has 7 heteroatoms. The van der Waals surface area contributed by atoms with Crippen LogP contribution in [0.25, 0.3) is 0 Å². The number of imide groups is 1. The molecule has 0 unspecified atom stereocenters. The monoisotopic (exact) mass is 441 g/mol. The molecule has 2 aliphatic rings. The molecule has 3 heterocycles. The highest BCUT2D eigenvalue weighted by Gasteiger charge is 2.52. The molecule has 1 aliphatic heterocycles. The number of hydrogen-bond acceptors (Lipinski definition) is 4. The van der Waals surface area contributed by atoms with Gasteiger partial charge in [0.25, 0.3) is 5.91 Å². The first kappa shape index (κ1) is 21.8. The van der Waals surface area contributed by atoms with Crippen molar-refractivity contribution < 1.29 is 14.4 Å². The molecule has 0 bridgehead atoms. The zero-order chi connectivity index (χ0) is 22.2. The van der Waals surface area contributed by atoms with Gasteiger partial charge in [-0.2, -0.15) is 0 Å². The summed E-state index contributed by atoms with van der Waals surface area (Å²) in [6.45, 7) is 6.70. The molecule has 2 aromatic heterocycles. The van der Waals surface area contributed by atoms with Crippen molar-refractivity contribution in [3.63, 3.8) is 0 Å². The number of carbonyl (C=O) groups is 3. The minimum atomic E-state index is -0.805. The smallest absolute Gasteiger partial charge is 0.325 e. The van der Waals surface area contributed by atoms with Gasteiger partial charge < -0.3 is 9.88 Å². The predicted molar refractivity (Wildman–Crippen MR) is 121 cm³/mol. The zero-order valence-corrected chi connectivity index (χ0v) is 19.4. The molecular weight excluding hydrogens is 410 g/mol. The minimum absolute atomic E-state index is 0.182. The summed E-state index contributed by atoms with van der Waals surface area (Å²) in [5.74, 6) is 0.204. The molecule has 0 aromatic carbocycles. The first-order chi connectivity index (χ1) is 14.8. The largest absolute Gasteiger partial charge is 0.348 e. The highest BCUT2D eigenvalue weighted by atomic mass is 32.1. The standard InChI is InChI=1S/C24H31N3O3S/c1-4-18-7-10-24(11-8-18)22(29)27(23(30)25-24)15-21(28)20-14-16(2)26(17(20)3)12-9-19-6-5-13-31-19/h5-6,13-14,18H,4,7-12,15H2,1-3H3,(H,25,30). The fourth-order valence-corrected chi connectivity index (χ4v) is 5.77. The SMILES string of the molecule is CCC1CCC2(CC1)NC(=O)N(CC(=O)c1cc(C)n(CCc3cccs3)c1C)C2=O. The maximum Gasteiger partial charge on any atom is 0.325 e. The predicted octanol–water partition coefficient (Wildman–Crippen LogP) is 4.48. The number of hydrogen-bond donors (Lipinski definition) is 1. The third-order valence-corrected chi connectivity index (χ3v) is 8.06. The number of ketones is 1. The number of nitrogens with one attached hydrogen (secondary N) is 1. The van der Waals surface area contributed by atoms with Crippen LogP contribution in [0.4, 0.5) is 4.79 Å². The van der Waals surface area contributed by atoms with E-state index in [0.29, 0.717) is 24.3 Å². The lowest BCUT2D eigenvalue weighted by molar-refractivity contribution is -0.132. The molecule has 31 heavy (non-hydrogen) atoms. The van der Waals surface area contributed by atoms with E-state index in [-0.39, 0.29) is 18.2 Å². The van der Waals surface area contributed by atoms with Gasteiger partial charge in [-0.25, -0.2) is 4.79 Å². The van der Waals surface area contributed by atoms with Crippen LogP contribution in [-0.4, -0.2) is 39.3 Å². The van der Waals surface area contributed by atoms with Gasteiger partial charge in [-0.15, -0.1) is 11.3 Å². The molecule has 2 fully saturated rings. The number of urea groups is 1. The van der Waals surface area contributed by atoms with Crippen molar-refractivity contribution in [2.75, 3.05) is 6.54 Å². The summed E-state index contributed by atoms with van der Waals surface area (Å²) >= 11 is 1.73. The summed E-state index contributed by atoms with van der Waals surface area (Å²) in [5.41, 5.74) is 1.70. The fourth-order valence-electron chi connectivity index (χ4n) is 5.07. The van der Waals surface area contributed by atoms with Crippen molar-refractivity contribution in [1.29, 1.82) is 0 Å². The second-order valence-corrected chi connectivity index (χ2v) is 9.98. The van der Waals surface area contributed by atoms with E-state index in [1.54, 1.807) is 11.3 Å². The molecule has 1 aliphatic carbocycles. The van der Waals surface area contributed by atoms with Crippen molar-refractivity contribution in [3.8, 4) is 0 Å².